The fourth-order valence-electron chi connectivity index (χ4n) is 3.50. The highest BCUT2D eigenvalue weighted by atomic mass is 16.5. The van der Waals surface area contributed by atoms with Crippen LogP contribution in [0.4, 0.5) is 0 Å². The van der Waals surface area contributed by atoms with E-state index < -0.39 is 0 Å². The smallest absolute Gasteiger partial charge is 0.338 e. The summed E-state index contributed by atoms with van der Waals surface area (Å²) in [4.78, 5) is 12.3. The molecule has 0 saturated heterocycles. The van der Waals surface area contributed by atoms with Crippen molar-refractivity contribution in [1.29, 1.82) is 0 Å². The molecule has 0 aliphatic heterocycles. The summed E-state index contributed by atoms with van der Waals surface area (Å²) in [5.74, 6) is -0.00471. The van der Waals surface area contributed by atoms with E-state index in [2.05, 4.69) is 58.7 Å². The van der Waals surface area contributed by atoms with Gasteiger partial charge in [-0.2, -0.15) is 5.10 Å². The summed E-state index contributed by atoms with van der Waals surface area (Å²) in [6.07, 6.45) is 3.45. The number of H-pyrrole nitrogens is 1. The zero-order valence-corrected chi connectivity index (χ0v) is 15.5. The van der Waals surface area contributed by atoms with E-state index in [0.29, 0.717) is 18.1 Å². The van der Waals surface area contributed by atoms with Crippen molar-refractivity contribution >= 4 is 16.9 Å². The minimum atomic E-state index is -0.299. The number of fused-ring (bicyclic) bond motifs is 1. The molecule has 1 aromatic heterocycles. The Hall–Kier alpha value is -3.40. The molecule has 0 aliphatic rings. The molecule has 0 saturated carbocycles. The van der Waals surface area contributed by atoms with Crippen molar-refractivity contribution in [2.45, 2.75) is 18.8 Å². The Balaban J connectivity index is 1.37. The number of benzene rings is 3. The van der Waals surface area contributed by atoms with Crippen LogP contribution in [0.1, 0.15) is 40.2 Å². The minimum Gasteiger partial charge on any atom is -0.462 e. The molecule has 4 rings (SSSR count). The molecule has 0 bridgehead atoms. The van der Waals surface area contributed by atoms with E-state index >= 15 is 0 Å². The van der Waals surface area contributed by atoms with Gasteiger partial charge in [0.2, 0.25) is 0 Å². The highest BCUT2D eigenvalue weighted by molar-refractivity contribution is 5.94. The maximum absolute atomic E-state index is 12.3. The zero-order chi connectivity index (χ0) is 19.2. The van der Waals surface area contributed by atoms with Gasteiger partial charge in [-0.1, -0.05) is 66.7 Å². The van der Waals surface area contributed by atoms with Gasteiger partial charge in [0.1, 0.15) is 0 Å². The average molecular weight is 370 g/mol. The molecule has 0 aliphatic carbocycles. The van der Waals surface area contributed by atoms with Crippen LogP contribution in [0.2, 0.25) is 0 Å². The number of ether oxygens (including phenoxy) is 1. The van der Waals surface area contributed by atoms with E-state index in [0.717, 1.165) is 23.7 Å². The van der Waals surface area contributed by atoms with Gasteiger partial charge in [0, 0.05) is 11.3 Å². The SMILES string of the molecule is O=C(OCCCC(c1ccccc1)c1ccccc1)c1ccc2cn[nH]c2c1. The highest BCUT2D eigenvalue weighted by Gasteiger charge is 2.14. The van der Waals surface area contributed by atoms with Gasteiger partial charge in [-0.3, -0.25) is 5.10 Å². The van der Waals surface area contributed by atoms with E-state index in [1.54, 1.807) is 18.3 Å². The van der Waals surface area contributed by atoms with Crippen LogP contribution in [0.5, 0.6) is 0 Å². The number of nitrogens with one attached hydrogen (secondary N) is 1. The molecular formula is C24H22N2O2. The lowest BCUT2D eigenvalue weighted by Crippen LogP contribution is -2.08. The van der Waals surface area contributed by atoms with Crippen LogP contribution in [-0.4, -0.2) is 22.8 Å². The number of rotatable bonds is 7. The second-order valence-corrected chi connectivity index (χ2v) is 6.82. The van der Waals surface area contributed by atoms with Crippen LogP contribution in [0.25, 0.3) is 10.9 Å². The van der Waals surface area contributed by atoms with Gasteiger partial charge >= 0.3 is 5.97 Å². The zero-order valence-electron chi connectivity index (χ0n) is 15.5. The normalized spacial score (nSPS) is 11.0. The topological polar surface area (TPSA) is 55.0 Å². The van der Waals surface area contributed by atoms with Crippen molar-refractivity contribution in [2.24, 2.45) is 0 Å². The molecule has 4 nitrogen and oxygen atoms in total. The lowest BCUT2D eigenvalue weighted by molar-refractivity contribution is 0.0497. The Kier molecular flexibility index (Phi) is 5.48. The Morgan fingerprint density at radius 2 is 1.61 bits per heavy atom. The number of esters is 1. The summed E-state index contributed by atoms with van der Waals surface area (Å²) in [6.45, 7) is 0.399. The van der Waals surface area contributed by atoms with Gasteiger partial charge in [0.25, 0.3) is 0 Å². The van der Waals surface area contributed by atoms with Gasteiger partial charge in [-0.05, 0) is 36.1 Å². The van der Waals surface area contributed by atoms with Crippen LogP contribution in [0.15, 0.2) is 85.1 Å². The molecule has 0 radical (unpaired) electrons. The number of aromatic nitrogens is 2. The van der Waals surface area contributed by atoms with Crippen molar-refractivity contribution in [3.05, 3.63) is 102 Å². The fourth-order valence-corrected chi connectivity index (χ4v) is 3.50. The van der Waals surface area contributed by atoms with Gasteiger partial charge in [-0.25, -0.2) is 4.79 Å². The van der Waals surface area contributed by atoms with Gasteiger partial charge < -0.3 is 4.74 Å². The molecule has 0 amide bonds. The molecule has 140 valence electrons. The van der Waals surface area contributed by atoms with Gasteiger partial charge in [0.15, 0.2) is 0 Å². The van der Waals surface area contributed by atoms with Crippen molar-refractivity contribution in [2.75, 3.05) is 6.61 Å². The fraction of sp³-hybridized carbons (Fsp3) is 0.167. The van der Waals surface area contributed by atoms with E-state index in [1.807, 2.05) is 18.2 Å². The predicted molar refractivity (Wildman–Crippen MR) is 110 cm³/mol. The van der Waals surface area contributed by atoms with Crippen molar-refractivity contribution < 1.29 is 9.53 Å². The number of carbonyl (C=O) groups excluding carboxylic acids is 1. The first-order valence-corrected chi connectivity index (χ1v) is 9.51. The largest absolute Gasteiger partial charge is 0.462 e. The second kappa shape index (κ2) is 8.53. The van der Waals surface area contributed by atoms with E-state index in [1.165, 1.54) is 11.1 Å². The number of hydrogen-bond donors (Lipinski definition) is 1. The summed E-state index contributed by atoms with van der Waals surface area (Å²) < 4.78 is 5.50. The number of hydrogen-bond acceptors (Lipinski definition) is 3. The average Bonchev–Trinajstić information content (AvgIpc) is 3.23. The maximum Gasteiger partial charge on any atom is 0.338 e. The first-order valence-electron chi connectivity index (χ1n) is 9.51. The number of aromatic amines is 1. The molecular weight excluding hydrogens is 348 g/mol. The van der Waals surface area contributed by atoms with Crippen molar-refractivity contribution in [3.63, 3.8) is 0 Å². The lowest BCUT2D eigenvalue weighted by Gasteiger charge is -2.18. The third-order valence-electron chi connectivity index (χ3n) is 4.95. The van der Waals surface area contributed by atoms with Gasteiger partial charge in [0.05, 0.1) is 23.9 Å². The molecule has 0 fully saturated rings. The van der Waals surface area contributed by atoms with Crippen LogP contribution in [0, 0.1) is 0 Å². The predicted octanol–water partition coefficient (Wildman–Crippen LogP) is 5.33. The number of nitrogens with zero attached hydrogens (tertiary/aromatic N) is 1. The molecule has 4 heteroatoms. The minimum absolute atomic E-state index is 0.294. The van der Waals surface area contributed by atoms with E-state index in [9.17, 15) is 4.79 Å². The molecule has 0 spiro atoms. The summed E-state index contributed by atoms with van der Waals surface area (Å²) in [5.41, 5.74) is 3.94. The highest BCUT2D eigenvalue weighted by Crippen LogP contribution is 2.29. The molecule has 3 aromatic carbocycles. The van der Waals surface area contributed by atoms with Crippen molar-refractivity contribution in [3.8, 4) is 0 Å². The van der Waals surface area contributed by atoms with Crippen LogP contribution in [-0.2, 0) is 4.74 Å². The monoisotopic (exact) mass is 370 g/mol. The molecule has 0 unspecified atom stereocenters. The summed E-state index contributed by atoms with van der Waals surface area (Å²) in [7, 11) is 0. The Morgan fingerprint density at radius 1 is 0.929 bits per heavy atom. The second-order valence-electron chi connectivity index (χ2n) is 6.82. The third-order valence-corrected chi connectivity index (χ3v) is 4.95. The Morgan fingerprint density at radius 3 is 2.29 bits per heavy atom. The standard InChI is InChI=1S/C24H22N2O2/c27-24(20-13-14-21-17-25-26-23(21)16-20)28-15-7-12-22(18-8-3-1-4-9-18)19-10-5-2-6-11-19/h1-6,8-11,13-14,16-17,22H,7,12,15H2,(H,25,26). The molecule has 1 heterocycles. The third kappa shape index (κ3) is 4.12. The van der Waals surface area contributed by atoms with Gasteiger partial charge in [-0.15, -0.1) is 0 Å². The first-order chi connectivity index (χ1) is 13.8. The molecule has 1 N–H and O–H groups in total. The Labute approximate surface area is 164 Å². The molecule has 0 atom stereocenters. The van der Waals surface area contributed by atoms with Crippen LogP contribution in [0.3, 0.4) is 0 Å². The lowest BCUT2D eigenvalue weighted by atomic mass is 9.88. The summed E-state index contributed by atoms with van der Waals surface area (Å²) in [6, 6.07) is 26.4. The molecule has 4 aromatic rings. The first kappa shape index (κ1) is 18.0. The van der Waals surface area contributed by atoms with E-state index in [-0.39, 0.29) is 5.97 Å². The van der Waals surface area contributed by atoms with Crippen molar-refractivity contribution in [1.82, 2.24) is 10.2 Å². The number of carbonyl (C=O) groups is 1. The molecule has 28 heavy (non-hydrogen) atoms. The van der Waals surface area contributed by atoms with Crippen LogP contribution < -0.4 is 0 Å². The maximum atomic E-state index is 12.3. The summed E-state index contributed by atoms with van der Waals surface area (Å²) >= 11 is 0. The van der Waals surface area contributed by atoms with E-state index in [4.69, 9.17) is 4.74 Å². The quantitative estimate of drug-likeness (QED) is 0.353. The van der Waals surface area contributed by atoms with Crippen LogP contribution >= 0.6 is 0 Å². The Bertz CT molecular complexity index is 1000. The summed E-state index contributed by atoms with van der Waals surface area (Å²) in [5, 5.41) is 7.83.